The molecular formula is C16H14N4O. The van der Waals surface area contributed by atoms with Crippen LogP contribution in [0.1, 0.15) is 11.1 Å². The van der Waals surface area contributed by atoms with Gasteiger partial charge in [-0.15, -0.1) is 10.2 Å². The number of benzene rings is 1. The van der Waals surface area contributed by atoms with Crippen LogP contribution in [0.3, 0.4) is 0 Å². The van der Waals surface area contributed by atoms with Crippen molar-refractivity contribution >= 4 is 23.3 Å². The van der Waals surface area contributed by atoms with E-state index in [-0.39, 0.29) is 5.91 Å². The summed E-state index contributed by atoms with van der Waals surface area (Å²) in [5.41, 5.74) is 3.62. The minimum Gasteiger partial charge on any atom is -0.321 e. The maximum Gasteiger partial charge on any atom is 0.248 e. The molecule has 1 amide bonds. The summed E-state index contributed by atoms with van der Waals surface area (Å²) >= 11 is 0. The third-order valence-electron chi connectivity index (χ3n) is 3.06. The van der Waals surface area contributed by atoms with Crippen LogP contribution < -0.4 is 5.32 Å². The quantitative estimate of drug-likeness (QED) is 0.749. The molecule has 2 aromatic heterocycles. The maximum absolute atomic E-state index is 11.9. The van der Waals surface area contributed by atoms with Crippen LogP contribution in [-0.2, 0) is 4.79 Å². The van der Waals surface area contributed by atoms with E-state index in [4.69, 9.17) is 0 Å². The van der Waals surface area contributed by atoms with Gasteiger partial charge in [0.05, 0.1) is 5.69 Å². The van der Waals surface area contributed by atoms with Gasteiger partial charge in [-0.2, -0.15) is 0 Å². The molecule has 0 atom stereocenters. The van der Waals surface area contributed by atoms with E-state index >= 15 is 0 Å². The SMILES string of the molecule is Cc1ccc(/C=C/C(=O)Nc2ccc3nncn3c2)cc1. The molecule has 104 valence electrons. The molecule has 0 fully saturated rings. The highest BCUT2D eigenvalue weighted by Gasteiger charge is 2.00. The summed E-state index contributed by atoms with van der Waals surface area (Å²) in [5.74, 6) is -0.178. The van der Waals surface area contributed by atoms with E-state index in [2.05, 4.69) is 15.5 Å². The number of rotatable bonds is 3. The Labute approximate surface area is 121 Å². The highest BCUT2D eigenvalue weighted by Crippen LogP contribution is 2.09. The van der Waals surface area contributed by atoms with E-state index < -0.39 is 0 Å². The van der Waals surface area contributed by atoms with Gasteiger partial charge in [-0.3, -0.25) is 9.20 Å². The third-order valence-corrected chi connectivity index (χ3v) is 3.06. The lowest BCUT2D eigenvalue weighted by molar-refractivity contribution is -0.111. The fraction of sp³-hybridized carbons (Fsp3) is 0.0625. The summed E-state index contributed by atoms with van der Waals surface area (Å²) < 4.78 is 1.75. The molecule has 3 aromatic rings. The highest BCUT2D eigenvalue weighted by atomic mass is 16.1. The van der Waals surface area contributed by atoms with Crippen molar-refractivity contribution in [3.63, 3.8) is 0 Å². The lowest BCUT2D eigenvalue weighted by atomic mass is 10.1. The van der Waals surface area contributed by atoms with Gasteiger partial charge >= 0.3 is 0 Å². The lowest BCUT2D eigenvalue weighted by Crippen LogP contribution is -2.08. The summed E-state index contributed by atoms with van der Waals surface area (Å²) in [6.45, 7) is 2.03. The van der Waals surface area contributed by atoms with Crippen molar-refractivity contribution in [2.24, 2.45) is 0 Å². The fourth-order valence-electron chi connectivity index (χ4n) is 1.93. The van der Waals surface area contributed by atoms with Gasteiger partial charge in [-0.05, 0) is 30.7 Å². The van der Waals surface area contributed by atoms with Crippen molar-refractivity contribution < 1.29 is 4.79 Å². The second kappa shape index (κ2) is 5.58. The standard InChI is InChI=1S/C16H14N4O/c1-12-2-4-13(5-3-12)6-9-16(21)18-14-7-8-15-19-17-11-20(15)10-14/h2-11H,1H3,(H,18,21)/b9-6+. The van der Waals surface area contributed by atoms with Gasteiger partial charge in [-0.25, -0.2) is 0 Å². The highest BCUT2D eigenvalue weighted by molar-refractivity contribution is 6.01. The molecule has 21 heavy (non-hydrogen) atoms. The van der Waals surface area contributed by atoms with Crippen LogP contribution in [-0.4, -0.2) is 20.5 Å². The predicted octanol–water partition coefficient (Wildman–Crippen LogP) is 2.69. The lowest BCUT2D eigenvalue weighted by Gasteiger charge is -2.02. The number of aryl methyl sites for hydroxylation is 1. The van der Waals surface area contributed by atoms with Gasteiger partial charge < -0.3 is 5.32 Å². The van der Waals surface area contributed by atoms with Crippen LogP contribution in [0.4, 0.5) is 5.69 Å². The van der Waals surface area contributed by atoms with Gasteiger partial charge in [0.1, 0.15) is 6.33 Å². The smallest absolute Gasteiger partial charge is 0.248 e. The van der Waals surface area contributed by atoms with Crippen LogP contribution in [0.2, 0.25) is 0 Å². The Morgan fingerprint density at radius 2 is 2.00 bits per heavy atom. The average Bonchev–Trinajstić information content (AvgIpc) is 2.94. The Morgan fingerprint density at radius 3 is 2.81 bits per heavy atom. The van der Waals surface area contributed by atoms with Gasteiger partial charge in [0, 0.05) is 12.3 Å². The van der Waals surface area contributed by atoms with Gasteiger partial charge in [0.25, 0.3) is 0 Å². The molecule has 5 heteroatoms. The minimum atomic E-state index is -0.178. The van der Waals surface area contributed by atoms with Crippen molar-refractivity contribution in [3.05, 3.63) is 66.1 Å². The Balaban J connectivity index is 1.69. The van der Waals surface area contributed by atoms with Crippen molar-refractivity contribution in [2.45, 2.75) is 6.92 Å². The second-order valence-corrected chi connectivity index (χ2v) is 4.75. The molecule has 0 saturated carbocycles. The summed E-state index contributed by atoms with van der Waals surface area (Å²) in [6.07, 6.45) is 6.66. The summed E-state index contributed by atoms with van der Waals surface area (Å²) in [5, 5.41) is 10.5. The number of hydrogen-bond donors (Lipinski definition) is 1. The number of nitrogens with zero attached hydrogens (tertiary/aromatic N) is 3. The fourth-order valence-corrected chi connectivity index (χ4v) is 1.93. The molecular weight excluding hydrogens is 264 g/mol. The molecule has 2 heterocycles. The van der Waals surface area contributed by atoms with Crippen molar-refractivity contribution in [1.29, 1.82) is 0 Å². The van der Waals surface area contributed by atoms with Gasteiger partial charge in [0.15, 0.2) is 5.65 Å². The zero-order valence-corrected chi connectivity index (χ0v) is 11.5. The summed E-state index contributed by atoms with van der Waals surface area (Å²) in [6, 6.07) is 11.6. The number of fused-ring (bicyclic) bond motifs is 1. The molecule has 0 bridgehead atoms. The number of pyridine rings is 1. The first kappa shape index (κ1) is 13.1. The molecule has 0 aliphatic rings. The molecule has 0 aliphatic heterocycles. The maximum atomic E-state index is 11.9. The molecule has 0 spiro atoms. The Morgan fingerprint density at radius 1 is 1.19 bits per heavy atom. The van der Waals surface area contributed by atoms with Crippen molar-refractivity contribution in [2.75, 3.05) is 5.32 Å². The summed E-state index contributed by atoms with van der Waals surface area (Å²) in [4.78, 5) is 11.9. The Kier molecular flexibility index (Phi) is 3.47. The third kappa shape index (κ3) is 3.14. The van der Waals surface area contributed by atoms with E-state index in [9.17, 15) is 4.79 Å². The molecule has 1 N–H and O–H groups in total. The zero-order chi connectivity index (χ0) is 14.7. The zero-order valence-electron chi connectivity index (χ0n) is 11.5. The molecule has 3 rings (SSSR count). The molecule has 5 nitrogen and oxygen atoms in total. The molecule has 0 saturated heterocycles. The first-order chi connectivity index (χ1) is 10.2. The number of hydrogen-bond acceptors (Lipinski definition) is 3. The topological polar surface area (TPSA) is 59.3 Å². The average molecular weight is 278 g/mol. The molecule has 0 radical (unpaired) electrons. The second-order valence-electron chi connectivity index (χ2n) is 4.75. The number of amides is 1. The minimum absolute atomic E-state index is 0.178. The van der Waals surface area contributed by atoms with Crippen LogP contribution in [0.5, 0.6) is 0 Å². The van der Waals surface area contributed by atoms with Crippen LogP contribution in [0.15, 0.2) is 55.0 Å². The molecule has 0 unspecified atom stereocenters. The van der Waals surface area contributed by atoms with Gasteiger partial charge in [0.2, 0.25) is 5.91 Å². The first-order valence-corrected chi connectivity index (χ1v) is 6.56. The molecule has 1 aromatic carbocycles. The van der Waals surface area contributed by atoms with Crippen molar-refractivity contribution in [1.82, 2.24) is 14.6 Å². The predicted molar refractivity (Wildman–Crippen MR) is 81.8 cm³/mol. The van der Waals surface area contributed by atoms with Gasteiger partial charge in [-0.1, -0.05) is 29.8 Å². The largest absolute Gasteiger partial charge is 0.321 e. The van der Waals surface area contributed by atoms with E-state index in [0.29, 0.717) is 5.69 Å². The van der Waals surface area contributed by atoms with E-state index in [1.54, 1.807) is 35.1 Å². The monoisotopic (exact) mass is 278 g/mol. The Hall–Kier alpha value is -2.95. The Bertz CT molecular complexity index is 803. The normalized spacial score (nSPS) is 11.1. The van der Waals surface area contributed by atoms with E-state index in [1.165, 1.54) is 11.6 Å². The van der Waals surface area contributed by atoms with Crippen LogP contribution in [0, 0.1) is 6.92 Å². The molecule has 0 aliphatic carbocycles. The van der Waals surface area contributed by atoms with E-state index in [1.807, 2.05) is 31.2 Å². The van der Waals surface area contributed by atoms with Crippen molar-refractivity contribution in [3.8, 4) is 0 Å². The van der Waals surface area contributed by atoms with Crippen LogP contribution >= 0.6 is 0 Å². The van der Waals surface area contributed by atoms with E-state index in [0.717, 1.165) is 11.2 Å². The number of aromatic nitrogens is 3. The number of carbonyl (C=O) groups excluding carboxylic acids is 1. The number of carbonyl (C=O) groups is 1. The first-order valence-electron chi connectivity index (χ1n) is 6.56. The number of nitrogens with one attached hydrogen (secondary N) is 1. The van der Waals surface area contributed by atoms with Crippen LogP contribution in [0.25, 0.3) is 11.7 Å². The number of anilines is 1. The summed E-state index contributed by atoms with van der Waals surface area (Å²) in [7, 11) is 0.